The summed E-state index contributed by atoms with van der Waals surface area (Å²) in [6.07, 6.45) is -4.78. The summed E-state index contributed by atoms with van der Waals surface area (Å²) < 4.78 is 66.0. The van der Waals surface area contributed by atoms with Gasteiger partial charge in [-0.1, -0.05) is 36.4 Å². The number of anilines is 1. The van der Waals surface area contributed by atoms with Crippen LogP contribution >= 0.6 is 0 Å². The van der Waals surface area contributed by atoms with Crippen LogP contribution < -0.4 is 15.6 Å². The van der Waals surface area contributed by atoms with Crippen molar-refractivity contribution in [3.05, 3.63) is 99.6 Å². The number of carbonyl (C=O) groups excluding carboxylic acids is 1. The molecule has 3 rings (SSSR count). The van der Waals surface area contributed by atoms with Crippen LogP contribution in [-0.4, -0.2) is 19.2 Å². The van der Waals surface area contributed by atoms with Gasteiger partial charge < -0.3 is 0 Å². The first kappa shape index (κ1) is 24.7. The molecule has 3 aromatic rings. The Morgan fingerprint density at radius 1 is 0.971 bits per heavy atom. The number of nitrogens with zero attached hydrogens (tertiary/aromatic N) is 1. The first-order valence-corrected chi connectivity index (χ1v) is 11.0. The lowest BCUT2D eigenvalue weighted by Crippen LogP contribution is -2.30. The zero-order valence-electron chi connectivity index (χ0n) is 17.2. The molecule has 3 aromatic carbocycles. The summed E-state index contributed by atoms with van der Waals surface area (Å²) in [5.41, 5.74) is 2.42. The minimum Gasteiger partial charge on any atom is -0.292 e. The fourth-order valence-electron chi connectivity index (χ4n) is 2.82. The van der Waals surface area contributed by atoms with Crippen LogP contribution in [0.5, 0.6) is 0 Å². The van der Waals surface area contributed by atoms with Crippen LogP contribution in [0, 0.1) is 10.1 Å². The van der Waals surface area contributed by atoms with E-state index < -0.39 is 38.3 Å². The molecule has 0 spiro atoms. The number of hydrogen-bond donors (Lipinski definition) is 3. The maximum Gasteiger partial charge on any atom is 0.416 e. The number of nitrogens with one attached hydrogen (secondary N) is 3. The highest BCUT2D eigenvalue weighted by Gasteiger charge is 2.33. The SMILES string of the molecule is O=C(NNc1ccc(C(F)(F)F)cc1[N+](=O)[O-])c1cccc(S(=O)(=O)NCc2ccccc2)c1. The minimum absolute atomic E-state index is 0.0265. The second kappa shape index (κ2) is 9.89. The first-order chi connectivity index (χ1) is 16.0. The highest BCUT2D eigenvalue weighted by molar-refractivity contribution is 7.89. The van der Waals surface area contributed by atoms with E-state index in [0.29, 0.717) is 12.1 Å². The molecule has 0 heterocycles. The quantitative estimate of drug-likeness (QED) is 0.322. The molecule has 9 nitrogen and oxygen atoms in total. The van der Waals surface area contributed by atoms with E-state index in [4.69, 9.17) is 0 Å². The maximum absolute atomic E-state index is 12.8. The average molecular weight is 494 g/mol. The fraction of sp³-hybridized carbons (Fsp3) is 0.0952. The van der Waals surface area contributed by atoms with Crippen molar-refractivity contribution in [3.63, 3.8) is 0 Å². The molecule has 3 N–H and O–H groups in total. The number of halogens is 3. The molecule has 0 unspecified atom stereocenters. The third kappa shape index (κ3) is 6.08. The number of nitro groups is 1. The third-order valence-electron chi connectivity index (χ3n) is 4.55. The van der Waals surface area contributed by atoms with E-state index >= 15 is 0 Å². The highest BCUT2D eigenvalue weighted by Crippen LogP contribution is 2.34. The summed E-state index contributed by atoms with van der Waals surface area (Å²) in [5.74, 6) is -0.866. The largest absolute Gasteiger partial charge is 0.416 e. The van der Waals surface area contributed by atoms with Gasteiger partial charge in [0.25, 0.3) is 11.6 Å². The van der Waals surface area contributed by atoms with Gasteiger partial charge in [-0.3, -0.25) is 25.8 Å². The molecule has 34 heavy (non-hydrogen) atoms. The summed E-state index contributed by atoms with van der Waals surface area (Å²) in [4.78, 5) is 22.4. The molecule has 0 saturated carbocycles. The van der Waals surface area contributed by atoms with E-state index in [-0.39, 0.29) is 22.7 Å². The lowest BCUT2D eigenvalue weighted by molar-refractivity contribution is -0.384. The van der Waals surface area contributed by atoms with Gasteiger partial charge in [0.2, 0.25) is 10.0 Å². The Labute approximate surface area is 191 Å². The fourth-order valence-corrected chi connectivity index (χ4v) is 3.89. The Balaban J connectivity index is 1.73. The van der Waals surface area contributed by atoms with Crippen molar-refractivity contribution in [2.24, 2.45) is 0 Å². The summed E-state index contributed by atoms with van der Waals surface area (Å²) in [6.45, 7) is 0.0265. The molecular weight excluding hydrogens is 477 g/mol. The smallest absolute Gasteiger partial charge is 0.292 e. The second-order valence-electron chi connectivity index (χ2n) is 6.90. The molecular formula is C21H17F3N4O5S. The van der Waals surface area contributed by atoms with Crippen molar-refractivity contribution in [3.8, 4) is 0 Å². The Bertz CT molecular complexity index is 1320. The number of benzene rings is 3. The highest BCUT2D eigenvalue weighted by atomic mass is 32.2. The monoisotopic (exact) mass is 494 g/mol. The van der Waals surface area contributed by atoms with Gasteiger partial charge in [-0.15, -0.1) is 0 Å². The Kier molecular flexibility index (Phi) is 7.17. The first-order valence-electron chi connectivity index (χ1n) is 9.53. The number of carbonyl (C=O) groups is 1. The van der Waals surface area contributed by atoms with E-state index in [1.807, 2.05) is 0 Å². The van der Waals surface area contributed by atoms with E-state index in [9.17, 15) is 36.5 Å². The van der Waals surface area contributed by atoms with E-state index in [0.717, 1.165) is 17.7 Å². The van der Waals surface area contributed by atoms with Gasteiger partial charge in [0.1, 0.15) is 5.69 Å². The van der Waals surface area contributed by atoms with Gasteiger partial charge in [-0.2, -0.15) is 13.2 Å². The molecule has 0 bridgehead atoms. The van der Waals surface area contributed by atoms with Crippen molar-refractivity contribution in [1.82, 2.24) is 10.1 Å². The number of nitro benzene ring substituents is 1. The zero-order valence-corrected chi connectivity index (χ0v) is 18.0. The minimum atomic E-state index is -4.78. The maximum atomic E-state index is 12.8. The Hall–Kier alpha value is -3.97. The lowest BCUT2D eigenvalue weighted by atomic mass is 10.1. The van der Waals surface area contributed by atoms with Crippen LogP contribution in [0.2, 0.25) is 0 Å². The molecule has 0 aliphatic heterocycles. The number of amides is 1. The topological polar surface area (TPSA) is 130 Å². The van der Waals surface area contributed by atoms with Crippen LogP contribution in [0.25, 0.3) is 0 Å². The second-order valence-corrected chi connectivity index (χ2v) is 8.67. The van der Waals surface area contributed by atoms with E-state index in [2.05, 4.69) is 15.6 Å². The zero-order chi connectivity index (χ0) is 24.9. The number of hydrogen-bond acceptors (Lipinski definition) is 6. The molecule has 0 fully saturated rings. The predicted molar refractivity (Wildman–Crippen MR) is 116 cm³/mol. The van der Waals surface area contributed by atoms with E-state index in [1.54, 1.807) is 30.3 Å². The molecule has 13 heteroatoms. The Morgan fingerprint density at radius 2 is 1.68 bits per heavy atom. The van der Waals surface area contributed by atoms with Crippen molar-refractivity contribution in [2.75, 3.05) is 5.43 Å². The molecule has 0 atom stereocenters. The van der Waals surface area contributed by atoms with Crippen LogP contribution in [0.4, 0.5) is 24.5 Å². The summed E-state index contributed by atoms with van der Waals surface area (Å²) in [7, 11) is -3.96. The van der Waals surface area contributed by atoms with E-state index in [1.165, 1.54) is 18.2 Å². The summed E-state index contributed by atoms with van der Waals surface area (Å²) in [5, 5.41) is 11.1. The van der Waals surface area contributed by atoms with Crippen LogP contribution in [0.15, 0.2) is 77.7 Å². The summed E-state index contributed by atoms with van der Waals surface area (Å²) >= 11 is 0. The molecule has 0 aromatic heterocycles. The van der Waals surface area contributed by atoms with Crippen molar-refractivity contribution >= 4 is 27.3 Å². The third-order valence-corrected chi connectivity index (χ3v) is 5.95. The van der Waals surface area contributed by atoms with Gasteiger partial charge in [0.05, 0.1) is 15.4 Å². The van der Waals surface area contributed by atoms with Gasteiger partial charge in [-0.05, 0) is 35.9 Å². The van der Waals surface area contributed by atoms with Crippen LogP contribution in [-0.2, 0) is 22.7 Å². The molecule has 0 radical (unpaired) electrons. The lowest BCUT2D eigenvalue weighted by Gasteiger charge is -2.12. The van der Waals surface area contributed by atoms with Gasteiger partial charge in [0.15, 0.2) is 0 Å². The van der Waals surface area contributed by atoms with Crippen molar-refractivity contribution < 1.29 is 31.3 Å². The standard InChI is InChI=1S/C21H17F3N4O5S/c22-21(23,24)16-9-10-18(19(12-16)28(30)31)26-27-20(29)15-7-4-8-17(11-15)34(32,33)25-13-14-5-2-1-3-6-14/h1-12,25-26H,13H2,(H,27,29). The molecule has 0 aliphatic carbocycles. The summed E-state index contributed by atoms with van der Waals surface area (Å²) in [6, 6.07) is 15.5. The Morgan fingerprint density at radius 3 is 2.32 bits per heavy atom. The van der Waals surface area contributed by atoms with Gasteiger partial charge in [-0.25, -0.2) is 13.1 Å². The average Bonchev–Trinajstić information content (AvgIpc) is 2.81. The molecule has 0 saturated heterocycles. The van der Waals surface area contributed by atoms with Crippen LogP contribution in [0.3, 0.4) is 0 Å². The number of alkyl halides is 3. The molecule has 0 aliphatic rings. The van der Waals surface area contributed by atoms with Crippen molar-refractivity contribution in [2.45, 2.75) is 17.6 Å². The van der Waals surface area contributed by atoms with Crippen molar-refractivity contribution in [1.29, 1.82) is 0 Å². The predicted octanol–water partition coefficient (Wildman–Crippen LogP) is 3.85. The number of hydrazine groups is 1. The normalized spacial score (nSPS) is 11.6. The molecule has 1 amide bonds. The van der Waals surface area contributed by atoms with Gasteiger partial charge >= 0.3 is 6.18 Å². The van der Waals surface area contributed by atoms with Crippen LogP contribution in [0.1, 0.15) is 21.5 Å². The number of rotatable bonds is 8. The molecule has 178 valence electrons. The van der Waals surface area contributed by atoms with Gasteiger partial charge in [0, 0.05) is 18.2 Å². The number of sulfonamides is 1.